The number of aromatic nitrogens is 1. The van der Waals surface area contributed by atoms with Gasteiger partial charge in [-0.25, -0.2) is 0 Å². The highest BCUT2D eigenvalue weighted by molar-refractivity contribution is 6.33. The van der Waals surface area contributed by atoms with E-state index in [-0.39, 0.29) is 0 Å². The van der Waals surface area contributed by atoms with Crippen molar-refractivity contribution in [1.29, 1.82) is 0 Å². The molecular weight excluding hydrogens is 534 g/mol. The van der Waals surface area contributed by atoms with Gasteiger partial charge in [0.15, 0.2) is 0 Å². The van der Waals surface area contributed by atoms with Gasteiger partial charge in [-0.3, -0.25) is 0 Å². The van der Waals surface area contributed by atoms with E-state index < -0.39 is 0 Å². The second kappa shape index (κ2) is 8.82. The van der Waals surface area contributed by atoms with Gasteiger partial charge in [0.1, 0.15) is 11.2 Å². The minimum absolute atomic E-state index is 0.919. The van der Waals surface area contributed by atoms with E-state index in [0.717, 1.165) is 38.8 Å². The lowest BCUT2D eigenvalue weighted by Crippen LogP contribution is -1.95. The third kappa shape index (κ3) is 3.14. The van der Waals surface area contributed by atoms with Gasteiger partial charge in [-0.2, -0.15) is 0 Å². The zero-order chi connectivity index (χ0) is 28.8. The van der Waals surface area contributed by atoms with Crippen molar-refractivity contribution in [2.45, 2.75) is 0 Å². The summed E-state index contributed by atoms with van der Waals surface area (Å²) in [6, 6.07) is 54.7. The van der Waals surface area contributed by atoms with Crippen LogP contribution in [0.25, 0.3) is 92.9 Å². The summed E-state index contributed by atoms with van der Waals surface area (Å²) in [6.07, 6.45) is 0. The van der Waals surface area contributed by atoms with Crippen LogP contribution in [0.4, 0.5) is 0 Å². The molecule has 0 aliphatic carbocycles. The average molecular weight is 560 g/mol. The van der Waals surface area contributed by atoms with Crippen molar-refractivity contribution in [3.63, 3.8) is 0 Å². The Morgan fingerprint density at radius 3 is 1.82 bits per heavy atom. The van der Waals surface area contributed by atoms with E-state index >= 15 is 0 Å². The fourth-order valence-corrected chi connectivity index (χ4v) is 7.48. The van der Waals surface area contributed by atoms with Crippen molar-refractivity contribution in [3.05, 3.63) is 152 Å². The quantitative estimate of drug-likeness (QED) is 0.193. The van der Waals surface area contributed by atoms with Crippen LogP contribution in [0.3, 0.4) is 0 Å². The van der Waals surface area contributed by atoms with Gasteiger partial charge in [-0.1, -0.05) is 121 Å². The third-order valence-corrected chi connectivity index (χ3v) is 9.36. The van der Waals surface area contributed by atoms with Crippen molar-refractivity contribution in [2.24, 2.45) is 0 Å². The highest BCUT2D eigenvalue weighted by Crippen LogP contribution is 2.44. The van der Waals surface area contributed by atoms with Crippen molar-refractivity contribution < 1.29 is 4.42 Å². The second-order valence-corrected chi connectivity index (χ2v) is 11.7. The number of hydrogen-bond donors (Lipinski definition) is 0. The summed E-state index contributed by atoms with van der Waals surface area (Å²) >= 11 is 0. The van der Waals surface area contributed by atoms with Crippen LogP contribution in [0.1, 0.15) is 0 Å². The Bertz CT molecular complexity index is 2730. The monoisotopic (exact) mass is 559 g/mol. The van der Waals surface area contributed by atoms with Crippen LogP contribution in [0.2, 0.25) is 0 Å². The SMILES string of the molecule is c1ccc(-n2c3ccc(-c4cccc5c4oc4ccccc45)cc3c3ccc4c5ccccc5c5ccccc5c4c32)cc1. The highest BCUT2D eigenvalue weighted by atomic mass is 16.3. The van der Waals surface area contributed by atoms with Crippen LogP contribution in [0.15, 0.2) is 156 Å². The van der Waals surface area contributed by atoms with Gasteiger partial charge in [-0.15, -0.1) is 0 Å². The molecule has 44 heavy (non-hydrogen) atoms. The summed E-state index contributed by atoms with van der Waals surface area (Å²) in [7, 11) is 0. The van der Waals surface area contributed by atoms with E-state index in [4.69, 9.17) is 4.42 Å². The van der Waals surface area contributed by atoms with E-state index in [2.05, 4.69) is 150 Å². The summed E-state index contributed by atoms with van der Waals surface area (Å²) in [5.41, 5.74) is 7.70. The molecule has 8 aromatic carbocycles. The molecule has 0 spiro atoms. The van der Waals surface area contributed by atoms with E-state index in [1.165, 1.54) is 54.1 Å². The number of nitrogens with zero attached hydrogens (tertiary/aromatic N) is 1. The van der Waals surface area contributed by atoms with Crippen molar-refractivity contribution in [3.8, 4) is 16.8 Å². The third-order valence-electron chi connectivity index (χ3n) is 9.36. The van der Waals surface area contributed by atoms with E-state index in [9.17, 15) is 0 Å². The number of hydrogen-bond acceptors (Lipinski definition) is 1. The predicted octanol–water partition coefficient (Wildman–Crippen LogP) is 11.8. The molecule has 2 nitrogen and oxygen atoms in total. The molecule has 2 heteroatoms. The first-order valence-corrected chi connectivity index (χ1v) is 15.1. The standard InChI is InChI=1S/C42H25NO/c1-2-11-27(12-3-1)43-38-24-21-26(28-18-10-19-36-32-16-8-9-20-39(32)44-42(28)36)25-37(38)35-23-22-34-31-15-5-4-13-29(31)30-14-6-7-17-33(30)40(34)41(35)43/h1-25H. The van der Waals surface area contributed by atoms with Gasteiger partial charge < -0.3 is 8.98 Å². The van der Waals surface area contributed by atoms with Crippen LogP contribution in [0, 0.1) is 0 Å². The average Bonchev–Trinajstić information content (AvgIpc) is 3.64. The van der Waals surface area contributed by atoms with Crippen LogP contribution in [0.5, 0.6) is 0 Å². The highest BCUT2D eigenvalue weighted by Gasteiger charge is 2.20. The number of benzene rings is 8. The lowest BCUT2D eigenvalue weighted by Gasteiger charge is -2.14. The van der Waals surface area contributed by atoms with Crippen molar-refractivity contribution >= 4 is 76.1 Å². The zero-order valence-corrected chi connectivity index (χ0v) is 23.8. The van der Waals surface area contributed by atoms with E-state index in [1.807, 2.05) is 6.07 Å². The maximum atomic E-state index is 6.45. The fraction of sp³-hybridized carbons (Fsp3) is 0. The summed E-state index contributed by atoms with van der Waals surface area (Å²) < 4.78 is 8.91. The molecule has 0 atom stereocenters. The lowest BCUT2D eigenvalue weighted by atomic mass is 9.92. The zero-order valence-electron chi connectivity index (χ0n) is 23.8. The van der Waals surface area contributed by atoms with Gasteiger partial charge in [-0.05, 0) is 62.8 Å². The molecule has 0 aliphatic rings. The molecule has 204 valence electrons. The minimum Gasteiger partial charge on any atom is -0.455 e. The molecule has 0 unspecified atom stereocenters. The first-order chi connectivity index (χ1) is 21.8. The molecule has 0 saturated carbocycles. The number of para-hydroxylation sites is 3. The summed E-state index contributed by atoms with van der Waals surface area (Å²) in [4.78, 5) is 0. The minimum atomic E-state index is 0.919. The Labute approximate surface area is 253 Å². The van der Waals surface area contributed by atoms with Gasteiger partial charge in [0.2, 0.25) is 0 Å². The Morgan fingerprint density at radius 2 is 1.02 bits per heavy atom. The Balaban J connectivity index is 1.38. The summed E-state index contributed by atoms with van der Waals surface area (Å²) in [5, 5.41) is 12.5. The summed E-state index contributed by atoms with van der Waals surface area (Å²) in [6.45, 7) is 0. The van der Waals surface area contributed by atoms with Crippen LogP contribution in [-0.2, 0) is 0 Å². The largest absolute Gasteiger partial charge is 0.455 e. The summed E-state index contributed by atoms with van der Waals surface area (Å²) in [5.74, 6) is 0. The predicted molar refractivity (Wildman–Crippen MR) is 186 cm³/mol. The molecule has 0 radical (unpaired) electrons. The van der Waals surface area contributed by atoms with Gasteiger partial charge >= 0.3 is 0 Å². The van der Waals surface area contributed by atoms with Gasteiger partial charge in [0.25, 0.3) is 0 Å². The van der Waals surface area contributed by atoms with Gasteiger partial charge in [0.05, 0.1) is 11.0 Å². The van der Waals surface area contributed by atoms with Crippen LogP contribution in [-0.4, -0.2) is 4.57 Å². The van der Waals surface area contributed by atoms with Crippen LogP contribution >= 0.6 is 0 Å². The fourth-order valence-electron chi connectivity index (χ4n) is 7.48. The molecule has 0 bridgehead atoms. The first-order valence-electron chi connectivity index (χ1n) is 15.1. The first kappa shape index (κ1) is 23.7. The van der Waals surface area contributed by atoms with E-state index in [0.29, 0.717) is 0 Å². The maximum absolute atomic E-state index is 6.45. The molecule has 10 aromatic rings. The Morgan fingerprint density at radius 1 is 0.409 bits per heavy atom. The molecule has 0 fully saturated rings. The number of furan rings is 1. The number of fused-ring (bicyclic) bond motifs is 13. The molecule has 10 rings (SSSR count). The number of rotatable bonds is 2. The normalized spacial score (nSPS) is 12.1. The molecule has 0 aliphatic heterocycles. The molecule has 0 saturated heterocycles. The topological polar surface area (TPSA) is 18.1 Å². The molecule has 0 amide bonds. The lowest BCUT2D eigenvalue weighted by molar-refractivity contribution is 0.670. The maximum Gasteiger partial charge on any atom is 0.143 e. The van der Waals surface area contributed by atoms with Crippen LogP contribution < -0.4 is 0 Å². The molecule has 0 N–H and O–H groups in total. The smallest absolute Gasteiger partial charge is 0.143 e. The van der Waals surface area contributed by atoms with E-state index in [1.54, 1.807) is 0 Å². The Hall–Kier alpha value is -5.86. The van der Waals surface area contributed by atoms with Gasteiger partial charge in [0, 0.05) is 38.2 Å². The molecular formula is C42H25NO. The second-order valence-electron chi connectivity index (χ2n) is 11.7. The Kier molecular flexibility index (Phi) is 4.75. The van der Waals surface area contributed by atoms with Crippen molar-refractivity contribution in [2.75, 3.05) is 0 Å². The van der Waals surface area contributed by atoms with Crippen molar-refractivity contribution in [1.82, 2.24) is 4.57 Å². The molecule has 2 heterocycles. The molecule has 2 aromatic heterocycles.